The molecule has 0 spiro atoms. The van der Waals surface area contributed by atoms with Crippen LogP contribution in [-0.4, -0.2) is 33.6 Å². The molecular weight excluding hydrogens is 326 g/mol. The number of hydrogen-bond acceptors (Lipinski definition) is 6. The van der Waals surface area contributed by atoms with Crippen LogP contribution in [0.5, 0.6) is 5.75 Å². The predicted molar refractivity (Wildman–Crippen MR) is 84.2 cm³/mol. The van der Waals surface area contributed by atoms with Crippen LogP contribution >= 0.6 is 23.4 Å². The van der Waals surface area contributed by atoms with Crippen molar-refractivity contribution in [3.05, 3.63) is 35.1 Å². The zero-order chi connectivity index (χ0) is 15.9. The largest absolute Gasteiger partial charge is 0.484 e. The topological polar surface area (TPSA) is 66.2 Å². The molecule has 0 saturated heterocycles. The second-order valence-corrected chi connectivity index (χ2v) is 5.58. The number of rotatable bonds is 7. The summed E-state index contributed by atoms with van der Waals surface area (Å²) in [5, 5.41) is 9.40. The molecule has 0 fully saturated rings. The van der Waals surface area contributed by atoms with Crippen molar-refractivity contribution in [2.75, 3.05) is 12.9 Å². The molecule has 0 amide bonds. The minimum Gasteiger partial charge on any atom is -0.484 e. The van der Waals surface area contributed by atoms with Crippen LogP contribution in [0.15, 0.2) is 29.4 Å². The molecule has 6 nitrogen and oxygen atoms in total. The maximum atomic E-state index is 11.2. The summed E-state index contributed by atoms with van der Waals surface area (Å²) in [6.45, 7) is 2.91. The van der Waals surface area contributed by atoms with Gasteiger partial charge in [0.15, 0.2) is 11.0 Å². The minimum atomic E-state index is -0.301. The van der Waals surface area contributed by atoms with Gasteiger partial charge in [0.2, 0.25) is 0 Å². The van der Waals surface area contributed by atoms with Crippen molar-refractivity contribution in [2.24, 2.45) is 0 Å². The number of carbonyl (C=O) groups excluding carboxylic acids is 1. The van der Waals surface area contributed by atoms with E-state index in [4.69, 9.17) is 16.3 Å². The van der Waals surface area contributed by atoms with Crippen molar-refractivity contribution in [3.63, 3.8) is 0 Å². The van der Waals surface area contributed by atoms with E-state index < -0.39 is 0 Å². The molecule has 2 rings (SSSR count). The Balaban J connectivity index is 2.04. The van der Waals surface area contributed by atoms with Crippen molar-refractivity contribution in [1.82, 2.24) is 14.8 Å². The number of ether oxygens (including phenoxy) is 2. The highest BCUT2D eigenvalue weighted by atomic mass is 35.5. The minimum absolute atomic E-state index is 0.194. The summed E-state index contributed by atoms with van der Waals surface area (Å²) in [6.07, 6.45) is 0. The maximum absolute atomic E-state index is 11.2. The Morgan fingerprint density at radius 1 is 1.36 bits per heavy atom. The zero-order valence-corrected chi connectivity index (χ0v) is 13.9. The molecule has 0 bridgehead atoms. The van der Waals surface area contributed by atoms with Gasteiger partial charge in [0, 0.05) is 6.54 Å². The quantitative estimate of drug-likeness (QED) is 0.570. The van der Waals surface area contributed by atoms with Crippen LogP contribution in [0.1, 0.15) is 12.7 Å². The number of methoxy groups -OCH3 is 1. The molecule has 1 aromatic heterocycles. The molecule has 1 heterocycles. The van der Waals surface area contributed by atoms with Gasteiger partial charge in [-0.25, -0.2) is 0 Å². The lowest BCUT2D eigenvalue weighted by Gasteiger charge is -2.09. The second-order valence-electron chi connectivity index (χ2n) is 4.23. The average Bonchev–Trinajstić information content (AvgIpc) is 2.93. The summed E-state index contributed by atoms with van der Waals surface area (Å²) in [5.74, 6) is 1.16. The fraction of sp³-hybridized carbons (Fsp3) is 0.357. The highest BCUT2D eigenvalue weighted by molar-refractivity contribution is 7.99. The molecule has 0 radical (unpaired) electrons. The molecule has 0 atom stereocenters. The smallest absolute Gasteiger partial charge is 0.316 e. The van der Waals surface area contributed by atoms with Crippen molar-refractivity contribution >= 4 is 29.3 Å². The molecule has 0 N–H and O–H groups in total. The molecule has 0 unspecified atom stereocenters. The van der Waals surface area contributed by atoms with Gasteiger partial charge in [-0.2, -0.15) is 0 Å². The Morgan fingerprint density at radius 2 is 2.14 bits per heavy atom. The number of esters is 1. The Bertz CT molecular complexity index is 648. The number of benzene rings is 1. The molecular formula is C14H16ClN3O3S. The summed E-state index contributed by atoms with van der Waals surface area (Å²) in [5.41, 5.74) is 0. The van der Waals surface area contributed by atoms with E-state index in [0.29, 0.717) is 28.3 Å². The summed E-state index contributed by atoms with van der Waals surface area (Å²) >= 11 is 7.33. The van der Waals surface area contributed by atoms with E-state index in [2.05, 4.69) is 14.9 Å². The second kappa shape index (κ2) is 8.05. The Kier molecular flexibility index (Phi) is 6.09. The van der Waals surface area contributed by atoms with Gasteiger partial charge in [0.05, 0.1) is 17.9 Å². The van der Waals surface area contributed by atoms with Crippen molar-refractivity contribution in [2.45, 2.75) is 25.2 Å². The number of halogens is 1. The molecule has 0 saturated carbocycles. The van der Waals surface area contributed by atoms with Gasteiger partial charge < -0.3 is 14.0 Å². The molecule has 8 heteroatoms. The van der Waals surface area contributed by atoms with Crippen LogP contribution < -0.4 is 4.74 Å². The lowest BCUT2D eigenvalue weighted by Crippen LogP contribution is -2.08. The van der Waals surface area contributed by atoms with Crippen LogP contribution in [0.3, 0.4) is 0 Å². The van der Waals surface area contributed by atoms with Crippen molar-refractivity contribution in [3.8, 4) is 5.75 Å². The van der Waals surface area contributed by atoms with E-state index in [0.717, 1.165) is 0 Å². The van der Waals surface area contributed by atoms with E-state index in [9.17, 15) is 4.79 Å². The lowest BCUT2D eigenvalue weighted by molar-refractivity contribution is -0.137. The standard InChI is InChI=1S/C14H16ClN3O3S/c1-3-18-12(8-21-11-7-5-4-6-10(11)15)16-17-14(18)22-9-13(19)20-2/h4-7H,3,8-9H2,1-2H3. The number of carbonyl (C=O) groups is 1. The fourth-order valence-electron chi connectivity index (χ4n) is 1.74. The van der Waals surface area contributed by atoms with Crippen molar-refractivity contribution < 1.29 is 14.3 Å². The number of para-hydroxylation sites is 1. The zero-order valence-electron chi connectivity index (χ0n) is 12.3. The third kappa shape index (κ3) is 4.14. The van der Waals surface area contributed by atoms with Gasteiger partial charge >= 0.3 is 5.97 Å². The van der Waals surface area contributed by atoms with Crippen LogP contribution in [0.25, 0.3) is 0 Å². The van der Waals surface area contributed by atoms with Crippen LogP contribution in [0, 0.1) is 0 Å². The van der Waals surface area contributed by atoms with Crippen molar-refractivity contribution in [1.29, 1.82) is 0 Å². The number of nitrogens with zero attached hydrogens (tertiary/aromatic N) is 3. The third-order valence-electron chi connectivity index (χ3n) is 2.85. The fourth-order valence-corrected chi connectivity index (χ4v) is 2.78. The normalized spacial score (nSPS) is 10.5. The Morgan fingerprint density at radius 3 is 2.82 bits per heavy atom. The molecule has 2 aromatic rings. The van der Waals surface area contributed by atoms with Crippen LogP contribution in [-0.2, 0) is 22.7 Å². The van der Waals surface area contributed by atoms with E-state index >= 15 is 0 Å². The van der Waals surface area contributed by atoms with Crippen LogP contribution in [0.2, 0.25) is 5.02 Å². The highest BCUT2D eigenvalue weighted by Gasteiger charge is 2.14. The number of aromatic nitrogens is 3. The first-order valence-electron chi connectivity index (χ1n) is 6.64. The van der Waals surface area contributed by atoms with Gasteiger partial charge in [0.1, 0.15) is 12.4 Å². The van der Waals surface area contributed by atoms with Gasteiger partial charge in [0.25, 0.3) is 0 Å². The van der Waals surface area contributed by atoms with E-state index in [1.54, 1.807) is 12.1 Å². The summed E-state index contributed by atoms with van der Waals surface area (Å²) in [6, 6.07) is 7.25. The van der Waals surface area contributed by atoms with E-state index in [1.165, 1.54) is 18.9 Å². The Labute approximate surface area is 137 Å². The molecule has 22 heavy (non-hydrogen) atoms. The van der Waals surface area contributed by atoms with Gasteiger partial charge in [-0.05, 0) is 19.1 Å². The summed E-state index contributed by atoms with van der Waals surface area (Å²) < 4.78 is 12.2. The molecule has 118 valence electrons. The highest BCUT2D eigenvalue weighted by Crippen LogP contribution is 2.24. The SMILES string of the molecule is CCn1c(COc2ccccc2Cl)nnc1SCC(=O)OC. The summed E-state index contributed by atoms with van der Waals surface area (Å²) in [4.78, 5) is 11.2. The molecule has 0 aliphatic heterocycles. The van der Waals surface area contributed by atoms with Gasteiger partial charge in [-0.15, -0.1) is 10.2 Å². The predicted octanol–water partition coefficient (Wildman–Crippen LogP) is 2.80. The van der Waals surface area contributed by atoms with Crippen LogP contribution in [0.4, 0.5) is 0 Å². The first kappa shape index (κ1) is 16.6. The Hall–Kier alpha value is -1.73. The number of thioether (sulfide) groups is 1. The first-order valence-corrected chi connectivity index (χ1v) is 8.01. The first-order chi connectivity index (χ1) is 10.7. The maximum Gasteiger partial charge on any atom is 0.316 e. The molecule has 0 aliphatic rings. The van der Waals surface area contributed by atoms with E-state index in [1.807, 2.05) is 23.6 Å². The summed E-state index contributed by atoms with van der Waals surface area (Å²) in [7, 11) is 1.36. The van der Waals surface area contributed by atoms with Gasteiger partial charge in [-0.1, -0.05) is 35.5 Å². The lowest BCUT2D eigenvalue weighted by atomic mass is 10.3. The number of hydrogen-bond donors (Lipinski definition) is 0. The molecule has 1 aromatic carbocycles. The van der Waals surface area contributed by atoms with Gasteiger partial charge in [-0.3, -0.25) is 4.79 Å². The van der Waals surface area contributed by atoms with E-state index in [-0.39, 0.29) is 18.3 Å². The molecule has 0 aliphatic carbocycles. The third-order valence-corrected chi connectivity index (χ3v) is 4.10. The average molecular weight is 342 g/mol. The monoisotopic (exact) mass is 341 g/mol.